The van der Waals surface area contributed by atoms with Gasteiger partial charge in [-0.1, -0.05) is 51.1 Å². The van der Waals surface area contributed by atoms with Gasteiger partial charge in [-0.2, -0.15) is 0 Å². The van der Waals surface area contributed by atoms with Crippen LogP contribution in [-0.4, -0.2) is 111 Å². The molecule has 2 atom stereocenters. The minimum Gasteiger partial charge on any atom is -0.385 e. The van der Waals surface area contributed by atoms with Gasteiger partial charge in [-0.15, -0.1) is 0 Å². The van der Waals surface area contributed by atoms with Crippen LogP contribution in [0, 0.1) is 22.7 Å². The zero-order valence-electron chi connectivity index (χ0n) is 24.2. The Bertz CT molecular complexity index is 891. The maximum Gasteiger partial charge on any atom is 0.289 e. The molecule has 1 aromatic carbocycles. The number of carbonyl (C=O) groups is 2. The fourth-order valence-corrected chi connectivity index (χ4v) is 4.69. The predicted octanol–water partition coefficient (Wildman–Crippen LogP) is 2.68. The van der Waals surface area contributed by atoms with Gasteiger partial charge in [-0.25, -0.2) is 0 Å². The molecule has 3 rings (SSSR count). The van der Waals surface area contributed by atoms with Gasteiger partial charge in [-0.3, -0.25) is 20.4 Å². The number of ether oxygens (including phenoxy) is 2. The fourth-order valence-electron chi connectivity index (χ4n) is 4.69. The molecule has 2 aliphatic heterocycles. The highest BCUT2D eigenvalue weighted by atomic mass is 16.5. The maximum absolute atomic E-state index is 13.6. The number of amides is 2. The van der Waals surface area contributed by atoms with Crippen LogP contribution in [0.2, 0.25) is 0 Å². The Kier molecular flexibility index (Phi) is 14.7. The number of unbranched alkanes of at least 4 members (excludes halogenated alkanes) is 1. The first-order valence-electron chi connectivity index (χ1n) is 14.1. The lowest BCUT2D eigenvalue weighted by Crippen LogP contribution is -2.56. The molecule has 0 aliphatic carbocycles. The van der Waals surface area contributed by atoms with Crippen molar-refractivity contribution in [2.75, 3.05) is 66.2 Å². The number of hydrogen-bond donors (Lipinski definition) is 3. The fraction of sp³-hybridized carbons (Fsp3) is 0.655. The first kappa shape index (κ1) is 32.4. The third kappa shape index (κ3) is 11.1. The standard InChI is InChI=1S/C24H39N5O2.C5H9NO2/c1-18(2)17-29(21-14-19(3)15-27-16-21)24(30)23(26)28(12-8-9-13-31-4)22(25)20-10-6-5-7-11-20;7-5-6-1-3-8-4-2-6/h5-7,10-11,18-19,21,25-27H,8-9,12-17H2,1-4H3;5H,1-4H2/t19?,21-;/m0./s1. The van der Waals surface area contributed by atoms with Crippen LogP contribution in [0.5, 0.6) is 0 Å². The molecular formula is C29H48N6O4. The quantitative estimate of drug-likeness (QED) is 0.180. The van der Waals surface area contributed by atoms with Gasteiger partial charge in [0.05, 0.1) is 13.2 Å². The summed E-state index contributed by atoms with van der Waals surface area (Å²) in [4.78, 5) is 28.7. The SMILES string of the molecule is COCCCCN(C(=N)C(=O)N(CC(C)C)[C@@H]1CNCC(C)C1)C(=N)c1ccccc1.O=CN1CCOCC1. The van der Waals surface area contributed by atoms with Crippen molar-refractivity contribution < 1.29 is 19.1 Å². The van der Waals surface area contributed by atoms with Crippen LogP contribution >= 0.6 is 0 Å². The van der Waals surface area contributed by atoms with Gasteiger partial charge >= 0.3 is 0 Å². The lowest BCUT2D eigenvalue weighted by atomic mass is 9.95. The van der Waals surface area contributed by atoms with E-state index in [0.29, 0.717) is 50.3 Å². The third-order valence-corrected chi connectivity index (χ3v) is 6.78. The van der Waals surface area contributed by atoms with Gasteiger partial charge in [0.2, 0.25) is 6.41 Å². The van der Waals surface area contributed by atoms with E-state index < -0.39 is 0 Å². The van der Waals surface area contributed by atoms with Crippen LogP contribution in [0.15, 0.2) is 30.3 Å². The molecule has 0 aromatic heterocycles. The van der Waals surface area contributed by atoms with Crippen molar-refractivity contribution in [2.24, 2.45) is 11.8 Å². The molecule has 10 nitrogen and oxygen atoms in total. The summed E-state index contributed by atoms with van der Waals surface area (Å²) in [5.41, 5.74) is 0.704. The number of rotatable bonds is 10. The van der Waals surface area contributed by atoms with E-state index >= 15 is 0 Å². The summed E-state index contributed by atoms with van der Waals surface area (Å²) in [7, 11) is 1.67. The Morgan fingerprint density at radius 3 is 2.44 bits per heavy atom. The van der Waals surface area contributed by atoms with Crippen LogP contribution in [0.4, 0.5) is 0 Å². The highest BCUT2D eigenvalue weighted by Crippen LogP contribution is 2.19. The molecule has 0 bridgehead atoms. The van der Waals surface area contributed by atoms with Gasteiger partial charge in [0, 0.05) is 58.0 Å². The first-order chi connectivity index (χ1) is 18.8. The summed E-state index contributed by atoms with van der Waals surface area (Å²) in [6.45, 7) is 12.7. The lowest BCUT2D eigenvalue weighted by Gasteiger charge is -2.39. The topological polar surface area (TPSA) is 122 Å². The number of amidine groups is 2. The van der Waals surface area contributed by atoms with Gasteiger partial charge in [-0.05, 0) is 37.6 Å². The molecular weight excluding hydrogens is 496 g/mol. The van der Waals surface area contributed by atoms with E-state index in [1.165, 1.54) is 0 Å². The van der Waals surface area contributed by atoms with Crippen molar-refractivity contribution in [1.29, 1.82) is 10.8 Å². The van der Waals surface area contributed by atoms with Crippen molar-refractivity contribution in [3.8, 4) is 0 Å². The van der Waals surface area contributed by atoms with Crippen molar-refractivity contribution >= 4 is 24.0 Å². The van der Waals surface area contributed by atoms with Crippen molar-refractivity contribution in [3.05, 3.63) is 35.9 Å². The largest absolute Gasteiger partial charge is 0.385 e. The van der Waals surface area contributed by atoms with Crippen molar-refractivity contribution in [3.63, 3.8) is 0 Å². The summed E-state index contributed by atoms with van der Waals surface area (Å²) in [5.74, 6) is 0.573. The number of nitrogens with zero attached hydrogens (tertiary/aromatic N) is 3. The molecule has 2 heterocycles. The molecule has 1 unspecified atom stereocenters. The Morgan fingerprint density at radius 2 is 1.87 bits per heavy atom. The van der Waals surface area contributed by atoms with Gasteiger partial charge in [0.1, 0.15) is 5.84 Å². The minimum atomic E-state index is -0.290. The summed E-state index contributed by atoms with van der Waals surface area (Å²) in [6, 6.07) is 9.41. The maximum atomic E-state index is 13.6. The number of benzene rings is 1. The Morgan fingerprint density at radius 1 is 1.18 bits per heavy atom. The number of methoxy groups -OCH3 is 1. The predicted molar refractivity (Wildman–Crippen MR) is 154 cm³/mol. The summed E-state index contributed by atoms with van der Waals surface area (Å²) >= 11 is 0. The number of morpholine rings is 1. The van der Waals surface area contributed by atoms with E-state index in [1.807, 2.05) is 35.2 Å². The summed E-state index contributed by atoms with van der Waals surface area (Å²) in [6.07, 6.45) is 3.35. The number of piperidine rings is 1. The second kappa shape index (κ2) is 17.7. The highest BCUT2D eigenvalue weighted by Gasteiger charge is 2.33. The summed E-state index contributed by atoms with van der Waals surface area (Å²) in [5, 5.41) is 20.9. The molecule has 0 spiro atoms. The molecule has 10 heteroatoms. The molecule has 2 aliphatic rings. The first-order valence-corrected chi connectivity index (χ1v) is 14.1. The monoisotopic (exact) mass is 544 g/mol. The average Bonchev–Trinajstić information content (AvgIpc) is 2.96. The Labute approximate surface area is 234 Å². The van der Waals surface area contributed by atoms with E-state index in [-0.39, 0.29) is 23.6 Å². The highest BCUT2D eigenvalue weighted by molar-refractivity contribution is 6.39. The van der Waals surface area contributed by atoms with Crippen molar-refractivity contribution in [1.82, 2.24) is 20.0 Å². The third-order valence-electron chi connectivity index (χ3n) is 6.78. The number of nitrogens with one attached hydrogen (secondary N) is 3. The van der Waals surface area contributed by atoms with E-state index in [4.69, 9.17) is 20.3 Å². The van der Waals surface area contributed by atoms with Crippen LogP contribution in [0.3, 0.4) is 0 Å². The van der Waals surface area contributed by atoms with Crippen LogP contribution in [0.25, 0.3) is 0 Å². The normalized spacial score (nSPS) is 19.1. The van der Waals surface area contributed by atoms with E-state index in [9.17, 15) is 9.59 Å². The zero-order chi connectivity index (χ0) is 28.6. The smallest absolute Gasteiger partial charge is 0.289 e. The molecule has 218 valence electrons. The van der Waals surface area contributed by atoms with Crippen LogP contribution in [-0.2, 0) is 19.1 Å². The van der Waals surface area contributed by atoms with Crippen LogP contribution in [0.1, 0.15) is 45.6 Å². The minimum absolute atomic E-state index is 0.0697. The van der Waals surface area contributed by atoms with E-state index in [0.717, 1.165) is 51.9 Å². The molecule has 3 N–H and O–H groups in total. The average molecular weight is 545 g/mol. The molecule has 0 saturated carbocycles. The molecule has 1 aromatic rings. The lowest BCUT2D eigenvalue weighted by molar-refractivity contribution is -0.128. The molecule has 2 saturated heterocycles. The number of carbonyl (C=O) groups excluding carboxylic acids is 2. The Hall–Kier alpha value is -2.82. The molecule has 2 amide bonds. The molecule has 0 radical (unpaired) electrons. The summed E-state index contributed by atoms with van der Waals surface area (Å²) < 4.78 is 10.1. The van der Waals surface area contributed by atoms with Gasteiger partial charge in [0.15, 0.2) is 5.84 Å². The zero-order valence-corrected chi connectivity index (χ0v) is 24.2. The van der Waals surface area contributed by atoms with Gasteiger partial charge in [0.25, 0.3) is 5.91 Å². The molecule has 39 heavy (non-hydrogen) atoms. The second-order valence-electron chi connectivity index (χ2n) is 10.7. The van der Waals surface area contributed by atoms with E-state index in [1.54, 1.807) is 16.9 Å². The second-order valence-corrected chi connectivity index (χ2v) is 10.7. The number of hydrogen-bond acceptors (Lipinski definition) is 7. The molecule has 2 fully saturated rings. The van der Waals surface area contributed by atoms with Crippen LogP contribution < -0.4 is 5.32 Å². The van der Waals surface area contributed by atoms with Gasteiger partial charge < -0.3 is 29.5 Å². The van der Waals surface area contributed by atoms with E-state index in [2.05, 4.69) is 26.1 Å². The van der Waals surface area contributed by atoms with Crippen molar-refractivity contribution in [2.45, 2.75) is 46.1 Å². The Balaban J connectivity index is 0.000000568.